The van der Waals surface area contributed by atoms with Crippen LogP contribution in [0.25, 0.3) is 0 Å². The summed E-state index contributed by atoms with van der Waals surface area (Å²) in [4.78, 5) is 22.1. The lowest BCUT2D eigenvalue weighted by atomic mass is 10.0. The molecule has 0 aliphatic rings. The van der Waals surface area contributed by atoms with Crippen LogP contribution in [0, 0.1) is 5.92 Å². The van der Waals surface area contributed by atoms with E-state index in [2.05, 4.69) is 5.32 Å². The third-order valence-corrected chi connectivity index (χ3v) is 3.22. The number of hydrogen-bond donors (Lipinski definition) is 3. The van der Waals surface area contributed by atoms with Crippen LogP contribution in [-0.4, -0.2) is 41.6 Å². The number of carboxylic acid groups (broad SMARTS) is 1. The van der Waals surface area contributed by atoms with Crippen LogP contribution in [0.3, 0.4) is 0 Å². The largest absolute Gasteiger partial charge is 0.481 e. The summed E-state index contributed by atoms with van der Waals surface area (Å²) in [5.74, 6) is -0.203. The van der Waals surface area contributed by atoms with E-state index in [0.29, 0.717) is 13.0 Å². The molecule has 0 saturated carbocycles. The lowest BCUT2D eigenvalue weighted by molar-refractivity contribution is -0.138. The lowest BCUT2D eigenvalue weighted by Crippen LogP contribution is -2.42. The average Bonchev–Trinajstić information content (AvgIpc) is 2.30. The molecule has 0 rings (SSSR count). The summed E-state index contributed by atoms with van der Waals surface area (Å²) in [5.41, 5.74) is 5.69. The fourth-order valence-corrected chi connectivity index (χ4v) is 1.85. The first-order valence-corrected chi connectivity index (χ1v) is 7.14. The Morgan fingerprint density at radius 1 is 1.47 bits per heavy atom. The Kier molecular flexibility index (Phi) is 8.89. The molecule has 0 bridgehead atoms. The normalized spacial score (nSPS) is 14.1. The summed E-state index contributed by atoms with van der Waals surface area (Å²) in [6, 6.07) is -0.496. The van der Waals surface area contributed by atoms with Gasteiger partial charge in [0.2, 0.25) is 5.91 Å². The number of thioether (sulfide) groups is 1. The maximum Gasteiger partial charge on any atom is 0.303 e. The van der Waals surface area contributed by atoms with Crippen molar-refractivity contribution in [1.82, 2.24) is 5.32 Å². The molecule has 2 atom stereocenters. The van der Waals surface area contributed by atoms with E-state index >= 15 is 0 Å². The van der Waals surface area contributed by atoms with Gasteiger partial charge in [0, 0.05) is 13.0 Å². The van der Waals surface area contributed by atoms with Crippen molar-refractivity contribution in [3.8, 4) is 0 Å². The van der Waals surface area contributed by atoms with Crippen molar-refractivity contribution in [3.63, 3.8) is 0 Å². The molecule has 0 aromatic heterocycles. The molecule has 100 valence electrons. The molecule has 0 fully saturated rings. The number of nitrogens with two attached hydrogens (primary N) is 1. The molecule has 5 nitrogen and oxygen atoms in total. The molecule has 0 saturated heterocycles. The van der Waals surface area contributed by atoms with Crippen molar-refractivity contribution < 1.29 is 14.7 Å². The summed E-state index contributed by atoms with van der Waals surface area (Å²) in [5, 5.41) is 11.4. The van der Waals surface area contributed by atoms with E-state index in [-0.39, 0.29) is 18.2 Å². The Balaban J connectivity index is 3.90. The maximum atomic E-state index is 11.6. The highest BCUT2D eigenvalue weighted by molar-refractivity contribution is 7.98. The average molecular weight is 262 g/mol. The number of aliphatic carboxylic acids is 1. The Hall–Kier alpha value is -0.750. The summed E-state index contributed by atoms with van der Waals surface area (Å²) in [7, 11) is 0. The van der Waals surface area contributed by atoms with Crippen molar-refractivity contribution >= 4 is 23.6 Å². The number of amides is 1. The Labute approximate surface area is 107 Å². The van der Waals surface area contributed by atoms with Crippen molar-refractivity contribution in [2.75, 3.05) is 18.6 Å². The van der Waals surface area contributed by atoms with Gasteiger partial charge in [0.1, 0.15) is 0 Å². The Morgan fingerprint density at radius 3 is 2.59 bits per heavy atom. The fourth-order valence-electron chi connectivity index (χ4n) is 1.36. The molecule has 6 heteroatoms. The number of nitrogens with one attached hydrogen (secondary N) is 1. The lowest BCUT2D eigenvalue weighted by Gasteiger charge is -2.16. The molecule has 0 spiro atoms. The molecule has 0 aliphatic heterocycles. The Bertz CT molecular complexity index is 249. The molecular weight excluding hydrogens is 240 g/mol. The van der Waals surface area contributed by atoms with E-state index in [4.69, 9.17) is 10.8 Å². The van der Waals surface area contributed by atoms with Crippen LogP contribution in [0.5, 0.6) is 0 Å². The van der Waals surface area contributed by atoms with E-state index in [1.54, 1.807) is 11.8 Å². The zero-order valence-electron chi connectivity index (χ0n) is 10.4. The minimum absolute atomic E-state index is 0.0239. The topological polar surface area (TPSA) is 92.4 Å². The van der Waals surface area contributed by atoms with E-state index < -0.39 is 12.0 Å². The molecule has 4 N–H and O–H groups in total. The first kappa shape index (κ1) is 16.2. The van der Waals surface area contributed by atoms with Crippen LogP contribution >= 0.6 is 11.8 Å². The zero-order valence-corrected chi connectivity index (χ0v) is 11.3. The van der Waals surface area contributed by atoms with Gasteiger partial charge in [-0.1, -0.05) is 13.3 Å². The van der Waals surface area contributed by atoms with Gasteiger partial charge < -0.3 is 16.2 Å². The highest BCUT2D eigenvalue weighted by Crippen LogP contribution is 2.06. The van der Waals surface area contributed by atoms with Crippen LogP contribution in [0.1, 0.15) is 26.2 Å². The standard InChI is InChI=1S/C11H22N2O3S/c1-3-8(6-10(14)15)7-13-11(16)9(12)4-5-17-2/h8-9H,3-7,12H2,1-2H3,(H,13,16)(H,14,15)/t8?,9-/m0/s1. The first-order valence-electron chi connectivity index (χ1n) is 5.75. The minimum Gasteiger partial charge on any atom is -0.481 e. The SMILES string of the molecule is CCC(CNC(=O)[C@@H](N)CCSC)CC(=O)O. The minimum atomic E-state index is -0.835. The predicted octanol–water partition coefficient (Wildman–Crippen LogP) is 0.684. The van der Waals surface area contributed by atoms with Crippen molar-refractivity contribution in [3.05, 3.63) is 0 Å². The molecule has 1 unspecified atom stereocenters. The van der Waals surface area contributed by atoms with Gasteiger partial charge in [0.05, 0.1) is 6.04 Å². The molecule has 0 aliphatic carbocycles. The molecule has 17 heavy (non-hydrogen) atoms. The van der Waals surface area contributed by atoms with E-state index in [1.807, 2.05) is 13.2 Å². The molecular formula is C11H22N2O3S. The van der Waals surface area contributed by atoms with Crippen molar-refractivity contribution in [2.45, 2.75) is 32.2 Å². The van der Waals surface area contributed by atoms with Crippen LogP contribution in [0.15, 0.2) is 0 Å². The number of carbonyl (C=O) groups excluding carboxylic acids is 1. The van der Waals surface area contributed by atoms with Gasteiger partial charge in [-0.25, -0.2) is 0 Å². The molecule has 0 radical (unpaired) electrons. The highest BCUT2D eigenvalue weighted by Gasteiger charge is 2.16. The van der Waals surface area contributed by atoms with E-state index in [9.17, 15) is 9.59 Å². The number of rotatable bonds is 9. The van der Waals surface area contributed by atoms with Gasteiger partial charge in [-0.3, -0.25) is 9.59 Å². The van der Waals surface area contributed by atoms with Gasteiger partial charge in [0.15, 0.2) is 0 Å². The van der Waals surface area contributed by atoms with Gasteiger partial charge in [0.25, 0.3) is 0 Å². The van der Waals surface area contributed by atoms with Gasteiger partial charge in [-0.15, -0.1) is 0 Å². The summed E-state index contributed by atoms with van der Waals surface area (Å²) < 4.78 is 0. The molecule has 0 heterocycles. The fraction of sp³-hybridized carbons (Fsp3) is 0.818. The van der Waals surface area contributed by atoms with Crippen LogP contribution in [0.4, 0.5) is 0 Å². The zero-order chi connectivity index (χ0) is 13.3. The van der Waals surface area contributed by atoms with Gasteiger partial charge >= 0.3 is 5.97 Å². The molecule has 0 aromatic rings. The van der Waals surface area contributed by atoms with Crippen LogP contribution in [-0.2, 0) is 9.59 Å². The highest BCUT2D eigenvalue weighted by atomic mass is 32.2. The second kappa shape index (κ2) is 9.30. The van der Waals surface area contributed by atoms with Gasteiger partial charge in [-0.05, 0) is 24.3 Å². The summed E-state index contributed by atoms with van der Waals surface area (Å²) in [6.07, 6.45) is 3.41. The molecule has 1 amide bonds. The monoisotopic (exact) mass is 262 g/mol. The van der Waals surface area contributed by atoms with Crippen LogP contribution < -0.4 is 11.1 Å². The first-order chi connectivity index (χ1) is 8.01. The molecule has 0 aromatic carbocycles. The summed E-state index contributed by atoms with van der Waals surface area (Å²) >= 11 is 1.65. The second-order valence-electron chi connectivity index (χ2n) is 4.01. The summed E-state index contributed by atoms with van der Waals surface area (Å²) in [6.45, 7) is 2.29. The third-order valence-electron chi connectivity index (χ3n) is 2.58. The van der Waals surface area contributed by atoms with Crippen molar-refractivity contribution in [2.24, 2.45) is 11.7 Å². The van der Waals surface area contributed by atoms with Crippen LogP contribution in [0.2, 0.25) is 0 Å². The quantitative estimate of drug-likeness (QED) is 0.568. The maximum absolute atomic E-state index is 11.6. The number of carbonyl (C=O) groups is 2. The van der Waals surface area contributed by atoms with Gasteiger partial charge in [-0.2, -0.15) is 11.8 Å². The number of carboxylic acids is 1. The smallest absolute Gasteiger partial charge is 0.303 e. The number of hydrogen-bond acceptors (Lipinski definition) is 4. The van der Waals surface area contributed by atoms with E-state index in [0.717, 1.165) is 12.2 Å². The van der Waals surface area contributed by atoms with Crippen molar-refractivity contribution in [1.29, 1.82) is 0 Å². The third kappa shape index (κ3) is 8.04. The van der Waals surface area contributed by atoms with E-state index in [1.165, 1.54) is 0 Å². The predicted molar refractivity (Wildman–Crippen MR) is 70.0 cm³/mol. The second-order valence-corrected chi connectivity index (χ2v) is 4.99. The Morgan fingerprint density at radius 2 is 2.12 bits per heavy atom.